The summed E-state index contributed by atoms with van der Waals surface area (Å²) in [6.07, 6.45) is -0.499. The van der Waals surface area contributed by atoms with E-state index in [4.69, 9.17) is 10.5 Å². The van der Waals surface area contributed by atoms with E-state index in [9.17, 15) is 4.79 Å². The summed E-state index contributed by atoms with van der Waals surface area (Å²) >= 11 is 0. The number of hydrogen-bond acceptors (Lipinski definition) is 3. The first-order valence-corrected chi connectivity index (χ1v) is 5.79. The molecule has 3 N–H and O–H groups in total. The number of carbonyl (C=O) groups is 1. The van der Waals surface area contributed by atoms with E-state index in [0.717, 1.165) is 5.56 Å². The molecule has 1 unspecified atom stereocenters. The summed E-state index contributed by atoms with van der Waals surface area (Å²) in [5, 5.41) is 2.80. The van der Waals surface area contributed by atoms with Crippen molar-refractivity contribution in [3.63, 3.8) is 0 Å². The van der Waals surface area contributed by atoms with Crippen LogP contribution in [0.4, 0.5) is 0 Å². The van der Waals surface area contributed by atoms with Gasteiger partial charge in [0, 0.05) is 12.6 Å². The smallest absolute Gasteiger partial charge is 0.260 e. The number of benzene rings is 1. The molecule has 1 aromatic rings. The van der Waals surface area contributed by atoms with Gasteiger partial charge in [-0.25, -0.2) is 0 Å². The zero-order valence-electron chi connectivity index (χ0n) is 10.6. The molecular weight excluding hydrogens is 216 g/mol. The highest BCUT2D eigenvalue weighted by Crippen LogP contribution is 2.13. The van der Waals surface area contributed by atoms with Crippen molar-refractivity contribution in [2.45, 2.75) is 39.5 Å². The van der Waals surface area contributed by atoms with Crippen LogP contribution in [0.3, 0.4) is 0 Å². The van der Waals surface area contributed by atoms with Crippen molar-refractivity contribution in [1.29, 1.82) is 0 Å². The number of nitrogens with two attached hydrogens (primary N) is 1. The Morgan fingerprint density at radius 1 is 1.29 bits per heavy atom. The van der Waals surface area contributed by atoms with Crippen molar-refractivity contribution in [3.05, 3.63) is 29.8 Å². The van der Waals surface area contributed by atoms with Crippen LogP contribution in [0.2, 0.25) is 0 Å². The summed E-state index contributed by atoms with van der Waals surface area (Å²) in [5.74, 6) is 0.566. The number of rotatable bonds is 5. The summed E-state index contributed by atoms with van der Waals surface area (Å²) in [7, 11) is 0. The molecule has 4 nitrogen and oxygen atoms in total. The molecule has 0 radical (unpaired) electrons. The van der Waals surface area contributed by atoms with E-state index in [-0.39, 0.29) is 11.9 Å². The van der Waals surface area contributed by atoms with Crippen molar-refractivity contribution >= 4 is 5.91 Å². The van der Waals surface area contributed by atoms with Crippen LogP contribution in [0.5, 0.6) is 5.75 Å². The Balaban J connectivity index is 2.55. The standard InChI is InChI=1S/C13H20N2O2/c1-9(2)15-13(16)10(3)17-12-6-4-11(8-14)5-7-12/h4-7,9-10H,8,14H2,1-3H3,(H,15,16). The van der Waals surface area contributed by atoms with Gasteiger partial charge in [0.1, 0.15) is 5.75 Å². The van der Waals surface area contributed by atoms with Crippen molar-refractivity contribution in [1.82, 2.24) is 5.32 Å². The topological polar surface area (TPSA) is 64.3 Å². The Kier molecular flexibility index (Phi) is 4.97. The van der Waals surface area contributed by atoms with Gasteiger partial charge < -0.3 is 15.8 Å². The maximum absolute atomic E-state index is 11.6. The molecule has 1 rings (SSSR count). The summed E-state index contributed by atoms with van der Waals surface area (Å²) in [6, 6.07) is 7.54. The minimum atomic E-state index is -0.499. The lowest BCUT2D eigenvalue weighted by molar-refractivity contribution is -0.127. The largest absolute Gasteiger partial charge is 0.481 e. The zero-order chi connectivity index (χ0) is 12.8. The first-order valence-electron chi connectivity index (χ1n) is 5.79. The molecule has 0 aromatic heterocycles. The third-order valence-corrected chi connectivity index (χ3v) is 2.27. The Bertz CT molecular complexity index is 360. The summed E-state index contributed by atoms with van der Waals surface area (Å²) < 4.78 is 5.52. The molecule has 94 valence electrons. The molecular formula is C13H20N2O2. The number of amides is 1. The van der Waals surface area contributed by atoms with Gasteiger partial charge >= 0.3 is 0 Å². The first kappa shape index (κ1) is 13.5. The number of carbonyl (C=O) groups excluding carboxylic acids is 1. The Hall–Kier alpha value is -1.55. The third-order valence-electron chi connectivity index (χ3n) is 2.27. The second-order valence-electron chi connectivity index (χ2n) is 4.27. The molecule has 0 saturated carbocycles. The minimum Gasteiger partial charge on any atom is -0.481 e. The van der Waals surface area contributed by atoms with Crippen LogP contribution in [0.25, 0.3) is 0 Å². The molecule has 17 heavy (non-hydrogen) atoms. The molecule has 0 aliphatic rings. The molecule has 1 atom stereocenters. The number of ether oxygens (including phenoxy) is 1. The van der Waals surface area contributed by atoms with Crippen molar-refractivity contribution in [3.8, 4) is 5.75 Å². The molecule has 0 saturated heterocycles. The average molecular weight is 236 g/mol. The van der Waals surface area contributed by atoms with Gasteiger partial charge in [-0.15, -0.1) is 0 Å². The van der Waals surface area contributed by atoms with E-state index >= 15 is 0 Å². The molecule has 0 spiro atoms. The van der Waals surface area contributed by atoms with Crippen LogP contribution in [0.1, 0.15) is 26.3 Å². The Labute approximate surface area is 102 Å². The van der Waals surface area contributed by atoms with Gasteiger partial charge in [0.15, 0.2) is 6.10 Å². The average Bonchev–Trinajstić information content (AvgIpc) is 2.29. The summed E-state index contributed by atoms with van der Waals surface area (Å²) in [6.45, 7) is 6.07. The fourth-order valence-corrected chi connectivity index (χ4v) is 1.36. The fraction of sp³-hybridized carbons (Fsp3) is 0.462. The molecule has 0 bridgehead atoms. The first-order chi connectivity index (χ1) is 8.02. The van der Waals surface area contributed by atoms with E-state index in [1.54, 1.807) is 6.92 Å². The van der Waals surface area contributed by atoms with E-state index in [1.165, 1.54) is 0 Å². The van der Waals surface area contributed by atoms with E-state index in [0.29, 0.717) is 12.3 Å². The lowest BCUT2D eigenvalue weighted by Gasteiger charge is -2.16. The second-order valence-corrected chi connectivity index (χ2v) is 4.27. The lowest BCUT2D eigenvalue weighted by atomic mass is 10.2. The second kappa shape index (κ2) is 6.25. The third kappa shape index (κ3) is 4.44. The molecule has 4 heteroatoms. The predicted molar refractivity (Wildman–Crippen MR) is 67.7 cm³/mol. The Morgan fingerprint density at radius 3 is 2.35 bits per heavy atom. The fourth-order valence-electron chi connectivity index (χ4n) is 1.36. The molecule has 0 fully saturated rings. The highest BCUT2D eigenvalue weighted by atomic mass is 16.5. The minimum absolute atomic E-state index is 0.108. The van der Waals surface area contributed by atoms with Crippen LogP contribution in [0.15, 0.2) is 24.3 Å². The summed E-state index contributed by atoms with van der Waals surface area (Å²) in [4.78, 5) is 11.6. The molecule has 0 aliphatic heterocycles. The van der Waals surface area contributed by atoms with Gasteiger partial charge in [0.2, 0.25) is 0 Å². The van der Waals surface area contributed by atoms with Crippen molar-refractivity contribution in [2.24, 2.45) is 5.73 Å². The van der Waals surface area contributed by atoms with E-state index < -0.39 is 6.10 Å². The van der Waals surface area contributed by atoms with Gasteiger partial charge in [-0.1, -0.05) is 12.1 Å². The van der Waals surface area contributed by atoms with Gasteiger partial charge in [-0.2, -0.15) is 0 Å². The van der Waals surface area contributed by atoms with Gasteiger partial charge in [0.05, 0.1) is 0 Å². The predicted octanol–water partition coefficient (Wildman–Crippen LogP) is 1.44. The summed E-state index contributed by atoms with van der Waals surface area (Å²) in [5.41, 5.74) is 6.54. The highest BCUT2D eigenvalue weighted by molar-refractivity contribution is 5.80. The number of hydrogen-bond donors (Lipinski definition) is 2. The molecule has 0 aliphatic carbocycles. The van der Waals surface area contributed by atoms with Crippen LogP contribution >= 0.6 is 0 Å². The maximum Gasteiger partial charge on any atom is 0.260 e. The molecule has 0 heterocycles. The monoisotopic (exact) mass is 236 g/mol. The van der Waals surface area contributed by atoms with E-state index in [2.05, 4.69) is 5.32 Å². The lowest BCUT2D eigenvalue weighted by Crippen LogP contribution is -2.40. The van der Waals surface area contributed by atoms with Gasteiger partial charge in [0.25, 0.3) is 5.91 Å². The van der Waals surface area contributed by atoms with Crippen LogP contribution in [-0.2, 0) is 11.3 Å². The van der Waals surface area contributed by atoms with Gasteiger partial charge in [-0.05, 0) is 38.5 Å². The SMILES string of the molecule is CC(C)NC(=O)C(C)Oc1ccc(CN)cc1. The van der Waals surface area contributed by atoms with E-state index in [1.807, 2.05) is 38.1 Å². The normalized spacial score (nSPS) is 12.3. The van der Waals surface area contributed by atoms with Crippen molar-refractivity contribution < 1.29 is 9.53 Å². The Morgan fingerprint density at radius 2 is 1.88 bits per heavy atom. The maximum atomic E-state index is 11.6. The molecule has 1 amide bonds. The van der Waals surface area contributed by atoms with Crippen LogP contribution in [0, 0.1) is 0 Å². The van der Waals surface area contributed by atoms with Crippen molar-refractivity contribution in [2.75, 3.05) is 0 Å². The van der Waals surface area contributed by atoms with Gasteiger partial charge in [-0.3, -0.25) is 4.79 Å². The number of nitrogens with one attached hydrogen (secondary N) is 1. The molecule has 1 aromatic carbocycles. The highest BCUT2D eigenvalue weighted by Gasteiger charge is 2.14. The van der Waals surface area contributed by atoms with Crippen LogP contribution in [-0.4, -0.2) is 18.1 Å². The zero-order valence-corrected chi connectivity index (χ0v) is 10.6. The van der Waals surface area contributed by atoms with Crippen LogP contribution < -0.4 is 15.8 Å². The quantitative estimate of drug-likeness (QED) is 0.813.